The van der Waals surface area contributed by atoms with E-state index in [1.807, 2.05) is 4.57 Å². The molecule has 4 heterocycles. The van der Waals surface area contributed by atoms with E-state index in [9.17, 15) is 13.2 Å². The number of imidazole rings is 1. The number of morpholine rings is 1. The topological polar surface area (TPSA) is 71.3 Å². The molecule has 0 aliphatic carbocycles. The molecule has 0 atom stereocenters. The summed E-state index contributed by atoms with van der Waals surface area (Å²) in [7, 11) is 0. The molecule has 1 aromatic carbocycles. The van der Waals surface area contributed by atoms with Gasteiger partial charge in [0.05, 0.1) is 31.6 Å². The van der Waals surface area contributed by atoms with Gasteiger partial charge in [0.15, 0.2) is 17.0 Å². The van der Waals surface area contributed by atoms with Gasteiger partial charge in [-0.05, 0) is 37.0 Å². The number of piperidine rings is 1. The highest BCUT2D eigenvalue weighted by atomic mass is 19.4. The van der Waals surface area contributed by atoms with Crippen molar-refractivity contribution in [2.45, 2.75) is 44.9 Å². The lowest BCUT2D eigenvalue weighted by Crippen LogP contribution is -2.49. The Labute approximate surface area is 208 Å². The first-order valence-electron chi connectivity index (χ1n) is 12.6. The maximum Gasteiger partial charge on any atom is 0.416 e. The van der Waals surface area contributed by atoms with Crippen LogP contribution < -0.4 is 10.2 Å². The fraction of sp³-hybridized carbons (Fsp3) is 0.560. The lowest BCUT2D eigenvalue weighted by molar-refractivity contribution is -0.137. The summed E-state index contributed by atoms with van der Waals surface area (Å²) in [5.74, 6) is 1.36. The first-order valence-corrected chi connectivity index (χ1v) is 12.6. The van der Waals surface area contributed by atoms with E-state index >= 15 is 0 Å². The number of aromatic nitrogens is 4. The minimum absolute atomic E-state index is 0.372. The van der Waals surface area contributed by atoms with E-state index in [0.717, 1.165) is 82.9 Å². The van der Waals surface area contributed by atoms with Crippen LogP contribution in [0.25, 0.3) is 11.2 Å². The second kappa shape index (κ2) is 10.6. The summed E-state index contributed by atoms with van der Waals surface area (Å²) < 4.78 is 46.2. The Bertz CT molecular complexity index is 1150. The Morgan fingerprint density at radius 3 is 2.42 bits per heavy atom. The second-order valence-corrected chi connectivity index (χ2v) is 9.40. The van der Waals surface area contributed by atoms with Gasteiger partial charge < -0.3 is 19.5 Å². The minimum Gasteiger partial charge on any atom is -0.379 e. The summed E-state index contributed by atoms with van der Waals surface area (Å²) in [4.78, 5) is 19.0. The van der Waals surface area contributed by atoms with Crippen LogP contribution >= 0.6 is 0 Å². The molecule has 2 aliphatic rings. The highest BCUT2D eigenvalue weighted by molar-refractivity contribution is 5.84. The van der Waals surface area contributed by atoms with Crippen LogP contribution in [-0.2, 0) is 17.5 Å². The Morgan fingerprint density at radius 2 is 1.75 bits per heavy atom. The Hall–Kier alpha value is -2.92. The molecule has 8 nitrogen and oxygen atoms in total. The van der Waals surface area contributed by atoms with Crippen LogP contribution in [0.1, 0.15) is 37.3 Å². The average Bonchev–Trinajstić information content (AvgIpc) is 3.30. The van der Waals surface area contributed by atoms with Gasteiger partial charge >= 0.3 is 6.18 Å². The lowest BCUT2D eigenvalue weighted by atomic mass is 10.0. The van der Waals surface area contributed by atoms with E-state index in [1.165, 1.54) is 12.1 Å². The van der Waals surface area contributed by atoms with Crippen LogP contribution in [0.2, 0.25) is 0 Å². The molecule has 3 aromatic rings. The van der Waals surface area contributed by atoms with Gasteiger partial charge in [0.1, 0.15) is 0 Å². The Kier molecular flexibility index (Phi) is 7.29. The molecule has 0 unspecified atom stereocenters. The molecule has 0 amide bonds. The molecule has 2 aromatic heterocycles. The van der Waals surface area contributed by atoms with Crippen molar-refractivity contribution < 1.29 is 17.9 Å². The molecule has 5 rings (SSSR count). The standard InChI is InChI=1S/C25H32F3N7O/c1-2-9-29-22-21-23(35(17-30-21)16-18-3-5-19(6-4-18)25(26,27)28)32-24(31-22)34-10-7-20(8-11-34)33-12-14-36-15-13-33/h3-6,17,20H,2,7-16H2,1H3,(H,29,31,32). The highest BCUT2D eigenvalue weighted by Gasteiger charge is 2.30. The van der Waals surface area contributed by atoms with Crippen molar-refractivity contribution in [2.24, 2.45) is 0 Å². The number of anilines is 2. The minimum atomic E-state index is -4.35. The summed E-state index contributed by atoms with van der Waals surface area (Å²) >= 11 is 0. The zero-order chi connectivity index (χ0) is 25.1. The predicted octanol–water partition coefficient (Wildman–Crippen LogP) is 4.02. The molecule has 2 saturated heterocycles. The molecule has 11 heteroatoms. The fourth-order valence-corrected chi connectivity index (χ4v) is 4.93. The largest absolute Gasteiger partial charge is 0.416 e. The number of nitrogens with zero attached hydrogens (tertiary/aromatic N) is 6. The van der Waals surface area contributed by atoms with E-state index in [0.29, 0.717) is 35.5 Å². The summed E-state index contributed by atoms with van der Waals surface area (Å²) in [6, 6.07) is 5.78. The molecule has 1 N–H and O–H groups in total. The normalized spacial score (nSPS) is 18.2. The number of ether oxygens (including phenoxy) is 1. The predicted molar refractivity (Wildman–Crippen MR) is 132 cm³/mol. The van der Waals surface area contributed by atoms with Gasteiger partial charge in [0.2, 0.25) is 5.95 Å². The Morgan fingerprint density at radius 1 is 1.03 bits per heavy atom. The number of alkyl halides is 3. The average molecular weight is 504 g/mol. The molecular weight excluding hydrogens is 471 g/mol. The van der Waals surface area contributed by atoms with Gasteiger partial charge in [0.25, 0.3) is 0 Å². The SMILES string of the molecule is CCCNc1nc(N2CCC(N3CCOCC3)CC2)nc2c1ncn2Cc1ccc(C(F)(F)F)cc1. The first-order chi connectivity index (χ1) is 17.4. The molecule has 0 radical (unpaired) electrons. The van der Waals surface area contributed by atoms with Gasteiger partial charge in [0, 0.05) is 38.8 Å². The third-order valence-corrected chi connectivity index (χ3v) is 6.94. The maximum absolute atomic E-state index is 13.0. The Balaban J connectivity index is 1.38. The molecular formula is C25H32F3N7O. The second-order valence-electron chi connectivity index (χ2n) is 9.40. The molecule has 36 heavy (non-hydrogen) atoms. The van der Waals surface area contributed by atoms with Gasteiger partial charge in [-0.2, -0.15) is 23.1 Å². The van der Waals surface area contributed by atoms with Crippen molar-refractivity contribution in [3.63, 3.8) is 0 Å². The van der Waals surface area contributed by atoms with Gasteiger partial charge in [-0.25, -0.2) is 4.98 Å². The molecule has 194 valence electrons. The van der Waals surface area contributed by atoms with Crippen LogP contribution in [0, 0.1) is 0 Å². The van der Waals surface area contributed by atoms with Crippen LogP contribution in [0.3, 0.4) is 0 Å². The summed E-state index contributed by atoms with van der Waals surface area (Å²) in [5.41, 5.74) is 1.44. The van der Waals surface area contributed by atoms with Gasteiger partial charge in [-0.1, -0.05) is 19.1 Å². The third-order valence-electron chi connectivity index (χ3n) is 6.94. The van der Waals surface area contributed by atoms with E-state index in [4.69, 9.17) is 14.7 Å². The van der Waals surface area contributed by atoms with Crippen molar-refractivity contribution in [2.75, 3.05) is 56.2 Å². The zero-order valence-corrected chi connectivity index (χ0v) is 20.5. The van der Waals surface area contributed by atoms with E-state index in [-0.39, 0.29) is 0 Å². The van der Waals surface area contributed by atoms with Crippen LogP contribution in [0.15, 0.2) is 30.6 Å². The number of halogens is 3. The fourth-order valence-electron chi connectivity index (χ4n) is 4.93. The summed E-state index contributed by atoms with van der Waals surface area (Å²) in [6.45, 7) is 8.54. The van der Waals surface area contributed by atoms with Gasteiger partial charge in [-0.3, -0.25) is 4.90 Å². The maximum atomic E-state index is 13.0. The van der Waals surface area contributed by atoms with Crippen LogP contribution in [-0.4, -0.2) is 76.4 Å². The number of hydrogen-bond acceptors (Lipinski definition) is 7. The number of benzene rings is 1. The van der Waals surface area contributed by atoms with Crippen LogP contribution in [0.4, 0.5) is 24.9 Å². The number of fused-ring (bicyclic) bond motifs is 1. The van der Waals surface area contributed by atoms with Crippen molar-refractivity contribution in [1.82, 2.24) is 24.4 Å². The molecule has 0 bridgehead atoms. The molecule has 0 spiro atoms. The molecule has 2 aliphatic heterocycles. The lowest BCUT2D eigenvalue weighted by Gasteiger charge is -2.40. The van der Waals surface area contributed by atoms with E-state index in [2.05, 4.69) is 27.0 Å². The monoisotopic (exact) mass is 503 g/mol. The van der Waals surface area contributed by atoms with Gasteiger partial charge in [-0.15, -0.1) is 0 Å². The summed E-state index contributed by atoms with van der Waals surface area (Å²) in [5, 5.41) is 3.38. The van der Waals surface area contributed by atoms with Crippen molar-refractivity contribution in [3.05, 3.63) is 41.7 Å². The number of rotatable bonds is 7. The van der Waals surface area contributed by atoms with Crippen molar-refractivity contribution in [3.8, 4) is 0 Å². The quantitative estimate of drug-likeness (QED) is 0.522. The first kappa shape index (κ1) is 24.8. The number of hydrogen-bond donors (Lipinski definition) is 1. The number of nitrogens with one attached hydrogen (secondary N) is 1. The zero-order valence-electron chi connectivity index (χ0n) is 20.5. The third kappa shape index (κ3) is 5.41. The van der Waals surface area contributed by atoms with E-state index < -0.39 is 11.7 Å². The van der Waals surface area contributed by atoms with E-state index in [1.54, 1.807) is 6.33 Å². The molecule has 2 fully saturated rings. The van der Waals surface area contributed by atoms with Crippen molar-refractivity contribution in [1.29, 1.82) is 0 Å². The summed E-state index contributed by atoms with van der Waals surface area (Å²) in [6.07, 6.45) is 0.367. The van der Waals surface area contributed by atoms with Crippen molar-refractivity contribution >= 4 is 22.9 Å². The van der Waals surface area contributed by atoms with Crippen LogP contribution in [0.5, 0.6) is 0 Å². The highest BCUT2D eigenvalue weighted by Crippen LogP contribution is 2.30. The molecule has 0 saturated carbocycles. The smallest absolute Gasteiger partial charge is 0.379 e.